The maximum Gasteiger partial charge on any atom is 0.129 e. The molecule has 2 rings (SSSR count). The molecule has 0 radical (unpaired) electrons. The Morgan fingerprint density at radius 1 is 1.24 bits per heavy atom. The van der Waals surface area contributed by atoms with Crippen molar-refractivity contribution in [1.29, 1.82) is 0 Å². The maximum absolute atomic E-state index is 13.3. The Hall–Kier alpha value is -1.00. The van der Waals surface area contributed by atoms with Crippen LogP contribution in [0.2, 0.25) is 0 Å². The third kappa shape index (κ3) is 3.75. The van der Waals surface area contributed by atoms with Crippen molar-refractivity contribution in [3.05, 3.63) is 35.4 Å². The second-order valence-electron chi connectivity index (χ2n) is 4.33. The Morgan fingerprint density at radius 3 is 2.71 bits per heavy atom. The van der Waals surface area contributed by atoms with Gasteiger partial charge in [-0.15, -0.1) is 0 Å². The molecule has 0 unspecified atom stereocenters. The summed E-state index contributed by atoms with van der Waals surface area (Å²) < 4.78 is 31.3. The van der Waals surface area contributed by atoms with Crippen LogP contribution in [0.25, 0.3) is 0 Å². The molecule has 1 fully saturated rings. The second kappa shape index (κ2) is 6.07. The highest BCUT2D eigenvalue weighted by atomic mass is 19.1. The Morgan fingerprint density at radius 2 is 2.00 bits per heavy atom. The van der Waals surface area contributed by atoms with Crippen LogP contribution in [-0.4, -0.2) is 25.8 Å². The first kappa shape index (κ1) is 12.5. The number of ether oxygens (including phenoxy) is 1. The first-order valence-corrected chi connectivity index (χ1v) is 6.01. The van der Waals surface area contributed by atoms with E-state index in [9.17, 15) is 8.78 Å². The lowest BCUT2D eigenvalue weighted by Gasteiger charge is -2.23. The number of rotatable bonds is 4. The van der Waals surface area contributed by atoms with Crippen molar-refractivity contribution in [2.75, 3.05) is 19.8 Å². The highest BCUT2D eigenvalue weighted by Crippen LogP contribution is 2.10. The summed E-state index contributed by atoms with van der Waals surface area (Å²) >= 11 is 0. The van der Waals surface area contributed by atoms with Crippen molar-refractivity contribution < 1.29 is 13.5 Å². The van der Waals surface area contributed by atoms with Gasteiger partial charge in [0.25, 0.3) is 0 Å². The lowest BCUT2D eigenvalue weighted by Crippen LogP contribution is -2.36. The van der Waals surface area contributed by atoms with Gasteiger partial charge in [-0.25, -0.2) is 8.78 Å². The predicted octanol–water partition coefficient (Wildman–Crippen LogP) is 2.28. The van der Waals surface area contributed by atoms with E-state index in [2.05, 4.69) is 5.32 Å². The minimum absolute atomic E-state index is 0.459. The zero-order chi connectivity index (χ0) is 12.1. The minimum atomic E-state index is -0.524. The summed E-state index contributed by atoms with van der Waals surface area (Å²) in [6, 6.07) is 4.21. The predicted molar refractivity (Wildman–Crippen MR) is 61.9 cm³/mol. The van der Waals surface area contributed by atoms with Crippen LogP contribution >= 0.6 is 0 Å². The van der Waals surface area contributed by atoms with E-state index in [1.54, 1.807) is 0 Å². The van der Waals surface area contributed by atoms with Gasteiger partial charge in [-0.1, -0.05) is 6.07 Å². The smallest absolute Gasteiger partial charge is 0.129 e. The highest BCUT2D eigenvalue weighted by Gasteiger charge is 2.12. The molecule has 2 nitrogen and oxygen atoms in total. The number of benzene rings is 1. The van der Waals surface area contributed by atoms with Gasteiger partial charge < -0.3 is 10.1 Å². The Kier molecular flexibility index (Phi) is 4.45. The molecule has 0 atom stereocenters. The molecule has 4 heteroatoms. The largest absolute Gasteiger partial charge is 0.381 e. The first-order chi connectivity index (χ1) is 8.25. The third-order valence-electron chi connectivity index (χ3n) is 3.06. The number of halogens is 2. The van der Waals surface area contributed by atoms with Gasteiger partial charge in [0.15, 0.2) is 0 Å². The molecule has 0 bridgehead atoms. The Labute approximate surface area is 100.0 Å². The second-order valence-corrected chi connectivity index (χ2v) is 4.33. The summed E-state index contributed by atoms with van der Waals surface area (Å²) in [5.41, 5.74) is 0.561. The van der Waals surface area contributed by atoms with E-state index in [1.165, 1.54) is 12.1 Å². The Balaban J connectivity index is 1.77. The van der Waals surface area contributed by atoms with Crippen LogP contribution in [-0.2, 0) is 11.2 Å². The van der Waals surface area contributed by atoms with E-state index in [0.717, 1.165) is 32.1 Å². The van der Waals surface area contributed by atoms with Crippen LogP contribution < -0.4 is 5.32 Å². The third-order valence-corrected chi connectivity index (χ3v) is 3.06. The molecule has 94 valence electrons. The number of nitrogens with one attached hydrogen (secondary N) is 1. The van der Waals surface area contributed by atoms with E-state index in [1.807, 2.05) is 0 Å². The molecule has 0 amide bonds. The molecule has 1 heterocycles. The van der Waals surface area contributed by atoms with Gasteiger partial charge in [0.2, 0.25) is 0 Å². The standard InChI is InChI=1S/C13H17F2NO/c14-11-2-1-10(13(15)9-11)3-6-16-12-4-7-17-8-5-12/h1-2,9,12,16H,3-8H2. The summed E-state index contributed by atoms with van der Waals surface area (Å²) in [7, 11) is 0. The van der Waals surface area contributed by atoms with Crippen molar-refractivity contribution in [3.63, 3.8) is 0 Å². The van der Waals surface area contributed by atoms with Gasteiger partial charge in [0.1, 0.15) is 11.6 Å². The van der Waals surface area contributed by atoms with Crippen LogP contribution in [0.3, 0.4) is 0 Å². The fourth-order valence-electron chi connectivity index (χ4n) is 2.04. The fourth-order valence-corrected chi connectivity index (χ4v) is 2.04. The molecule has 1 N–H and O–H groups in total. The van der Waals surface area contributed by atoms with E-state index < -0.39 is 11.6 Å². The van der Waals surface area contributed by atoms with E-state index >= 15 is 0 Å². The van der Waals surface area contributed by atoms with Gasteiger partial charge in [-0.05, 0) is 37.4 Å². The molecule has 17 heavy (non-hydrogen) atoms. The molecular weight excluding hydrogens is 224 g/mol. The van der Waals surface area contributed by atoms with Gasteiger partial charge >= 0.3 is 0 Å². The number of hydrogen-bond acceptors (Lipinski definition) is 2. The van der Waals surface area contributed by atoms with E-state index in [-0.39, 0.29) is 0 Å². The summed E-state index contributed by atoms with van der Waals surface area (Å²) in [5, 5.41) is 3.37. The average Bonchev–Trinajstić information content (AvgIpc) is 2.33. The molecule has 0 aromatic heterocycles. The van der Waals surface area contributed by atoms with Crippen LogP contribution in [0.5, 0.6) is 0 Å². The SMILES string of the molecule is Fc1ccc(CCNC2CCOCC2)c(F)c1. The minimum Gasteiger partial charge on any atom is -0.381 e. The molecule has 1 saturated heterocycles. The van der Waals surface area contributed by atoms with E-state index in [0.29, 0.717) is 24.6 Å². The van der Waals surface area contributed by atoms with Gasteiger partial charge in [0.05, 0.1) is 0 Å². The molecule has 1 aromatic rings. The summed E-state index contributed by atoms with van der Waals surface area (Å²) in [6.45, 7) is 2.30. The molecule has 0 spiro atoms. The average molecular weight is 241 g/mol. The van der Waals surface area contributed by atoms with Crippen molar-refractivity contribution >= 4 is 0 Å². The monoisotopic (exact) mass is 241 g/mol. The van der Waals surface area contributed by atoms with Crippen LogP contribution in [0, 0.1) is 11.6 Å². The maximum atomic E-state index is 13.3. The first-order valence-electron chi connectivity index (χ1n) is 6.01. The molecule has 1 aromatic carbocycles. The Bertz CT molecular complexity index is 364. The van der Waals surface area contributed by atoms with Crippen molar-refractivity contribution in [1.82, 2.24) is 5.32 Å². The summed E-state index contributed by atoms with van der Waals surface area (Å²) in [5.74, 6) is -0.984. The lowest BCUT2D eigenvalue weighted by atomic mass is 10.1. The topological polar surface area (TPSA) is 21.3 Å². The van der Waals surface area contributed by atoms with Crippen molar-refractivity contribution in [3.8, 4) is 0 Å². The summed E-state index contributed by atoms with van der Waals surface area (Å²) in [6.07, 6.45) is 2.60. The van der Waals surface area contributed by atoms with Crippen LogP contribution in [0.1, 0.15) is 18.4 Å². The normalized spacial score (nSPS) is 17.3. The zero-order valence-corrected chi connectivity index (χ0v) is 9.72. The van der Waals surface area contributed by atoms with Crippen molar-refractivity contribution in [2.24, 2.45) is 0 Å². The van der Waals surface area contributed by atoms with Crippen molar-refractivity contribution in [2.45, 2.75) is 25.3 Å². The van der Waals surface area contributed by atoms with Gasteiger partial charge in [0, 0.05) is 25.3 Å². The molecular formula is C13H17F2NO. The summed E-state index contributed by atoms with van der Waals surface area (Å²) in [4.78, 5) is 0. The van der Waals surface area contributed by atoms with Gasteiger partial charge in [-0.2, -0.15) is 0 Å². The molecule has 1 aliphatic rings. The van der Waals surface area contributed by atoms with Crippen LogP contribution in [0.15, 0.2) is 18.2 Å². The van der Waals surface area contributed by atoms with E-state index in [4.69, 9.17) is 4.74 Å². The van der Waals surface area contributed by atoms with Gasteiger partial charge in [-0.3, -0.25) is 0 Å². The molecule has 0 aliphatic carbocycles. The quantitative estimate of drug-likeness (QED) is 0.873. The fraction of sp³-hybridized carbons (Fsp3) is 0.538. The highest BCUT2D eigenvalue weighted by molar-refractivity contribution is 5.18. The zero-order valence-electron chi connectivity index (χ0n) is 9.72. The lowest BCUT2D eigenvalue weighted by molar-refractivity contribution is 0.0782. The molecule has 1 aliphatic heterocycles. The molecule has 0 saturated carbocycles. The number of hydrogen-bond donors (Lipinski definition) is 1. The van der Waals surface area contributed by atoms with Crippen LogP contribution in [0.4, 0.5) is 8.78 Å².